The number of rotatable bonds is 15. The van der Waals surface area contributed by atoms with Crippen LogP contribution < -0.4 is 24.3 Å². The predicted molar refractivity (Wildman–Crippen MR) is 134 cm³/mol. The summed E-state index contributed by atoms with van der Waals surface area (Å²) in [4.78, 5) is 24.0. The van der Waals surface area contributed by atoms with E-state index in [1.807, 2.05) is 37.3 Å². The molecule has 1 N–H and O–H groups in total. The van der Waals surface area contributed by atoms with Crippen LogP contribution in [0.1, 0.15) is 37.8 Å². The second kappa shape index (κ2) is 15.3. The van der Waals surface area contributed by atoms with E-state index in [0.29, 0.717) is 49.2 Å². The summed E-state index contributed by atoms with van der Waals surface area (Å²) in [5.74, 6) is 1.58. The van der Waals surface area contributed by atoms with Crippen molar-refractivity contribution in [2.75, 3.05) is 40.6 Å². The third-order valence-electron chi connectivity index (χ3n) is 4.96. The summed E-state index contributed by atoms with van der Waals surface area (Å²) in [6.07, 6.45) is 5.49. The van der Waals surface area contributed by atoms with Crippen molar-refractivity contribution in [3.63, 3.8) is 0 Å². The normalized spacial score (nSPS) is 10.6. The first kappa shape index (κ1) is 27.6. The van der Waals surface area contributed by atoms with Gasteiger partial charge in [-0.1, -0.05) is 25.5 Å². The molecule has 2 aromatic rings. The monoisotopic (exact) mass is 485 g/mol. The van der Waals surface area contributed by atoms with Gasteiger partial charge in [-0.15, -0.1) is 0 Å². The van der Waals surface area contributed by atoms with Crippen LogP contribution in [0.25, 0.3) is 6.08 Å². The molecule has 0 bridgehead atoms. The van der Waals surface area contributed by atoms with Gasteiger partial charge >= 0.3 is 5.97 Å². The van der Waals surface area contributed by atoms with Gasteiger partial charge < -0.3 is 29.0 Å². The number of amides is 1. The van der Waals surface area contributed by atoms with Crippen LogP contribution in [0.5, 0.6) is 23.0 Å². The lowest BCUT2D eigenvalue weighted by molar-refractivity contribution is -0.143. The summed E-state index contributed by atoms with van der Waals surface area (Å²) < 4.78 is 26.9. The van der Waals surface area contributed by atoms with Crippen LogP contribution in [0.2, 0.25) is 0 Å². The zero-order valence-corrected chi connectivity index (χ0v) is 20.9. The zero-order chi connectivity index (χ0) is 25.5. The van der Waals surface area contributed by atoms with Crippen molar-refractivity contribution in [2.45, 2.75) is 33.1 Å². The largest absolute Gasteiger partial charge is 0.493 e. The smallest absolute Gasteiger partial charge is 0.331 e. The van der Waals surface area contributed by atoms with Gasteiger partial charge in [0.05, 0.1) is 27.4 Å². The van der Waals surface area contributed by atoms with Gasteiger partial charge in [-0.2, -0.15) is 0 Å². The van der Waals surface area contributed by atoms with E-state index in [2.05, 4.69) is 12.2 Å². The number of carbonyl (C=O) groups is 2. The van der Waals surface area contributed by atoms with Gasteiger partial charge in [0.1, 0.15) is 0 Å². The molecule has 0 saturated heterocycles. The van der Waals surface area contributed by atoms with Crippen LogP contribution >= 0.6 is 0 Å². The van der Waals surface area contributed by atoms with Crippen LogP contribution in [-0.2, 0) is 20.7 Å². The number of ether oxygens (including phenoxy) is 5. The fraction of sp³-hybridized carbons (Fsp3) is 0.407. The highest BCUT2D eigenvalue weighted by molar-refractivity contribution is 5.89. The first-order chi connectivity index (χ1) is 17.0. The zero-order valence-electron chi connectivity index (χ0n) is 20.9. The molecule has 0 unspecified atom stereocenters. The highest BCUT2D eigenvalue weighted by atomic mass is 16.5. The molecular formula is C27H35NO7. The van der Waals surface area contributed by atoms with Gasteiger partial charge in [0, 0.05) is 12.6 Å². The third-order valence-corrected chi connectivity index (χ3v) is 4.96. The van der Waals surface area contributed by atoms with E-state index in [1.54, 1.807) is 26.4 Å². The summed E-state index contributed by atoms with van der Waals surface area (Å²) in [5, 5.41) is 2.73. The van der Waals surface area contributed by atoms with Crippen molar-refractivity contribution < 1.29 is 33.3 Å². The number of unbranched alkanes of at least 4 members (excludes halogenated alkanes) is 1. The highest BCUT2D eigenvalue weighted by Gasteiger charge is 2.08. The van der Waals surface area contributed by atoms with E-state index in [4.69, 9.17) is 23.7 Å². The summed E-state index contributed by atoms with van der Waals surface area (Å²) in [6, 6.07) is 11.0. The Bertz CT molecular complexity index is 987. The predicted octanol–water partition coefficient (Wildman–Crippen LogP) is 4.20. The summed E-state index contributed by atoms with van der Waals surface area (Å²) in [5.41, 5.74) is 1.74. The van der Waals surface area contributed by atoms with Crippen molar-refractivity contribution in [3.05, 3.63) is 53.6 Å². The summed E-state index contributed by atoms with van der Waals surface area (Å²) in [7, 11) is 3.15. The van der Waals surface area contributed by atoms with Crippen LogP contribution in [0.15, 0.2) is 42.5 Å². The van der Waals surface area contributed by atoms with Crippen molar-refractivity contribution in [1.29, 1.82) is 0 Å². The van der Waals surface area contributed by atoms with Crippen molar-refractivity contribution in [2.24, 2.45) is 0 Å². The number of benzene rings is 2. The maximum atomic E-state index is 12.0. The van der Waals surface area contributed by atoms with Gasteiger partial charge in [0.2, 0.25) is 0 Å². The first-order valence-corrected chi connectivity index (χ1v) is 11.7. The third kappa shape index (κ3) is 9.60. The molecule has 0 spiro atoms. The molecule has 8 heteroatoms. The Kier molecular flexibility index (Phi) is 12.0. The lowest BCUT2D eigenvalue weighted by Gasteiger charge is -2.12. The molecule has 2 aromatic carbocycles. The average molecular weight is 486 g/mol. The second-order valence-electron chi connectivity index (χ2n) is 7.57. The second-order valence-corrected chi connectivity index (χ2v) is 7.57. The Morgan fingerprint density at radius 3 is 2.40 bits per heavy atom. The standard InChI is InChI=1S/C27H35NO7/c1-5-7-16-34-23-12-9-20(18-25(23)33-6-2)10-13-27(30)35-19-26(29)28-15-14-21-8-11-22(31-3)24(17-21)32-4/h8-13,17-18H,5-7,14-16,19H2,1-4H3,(H,28,29)/b13-10+. The van der Waals surface area contributed by atoms with Crippen LogP contribution in [-0.4, -0.2) is 52.5 Å². The summed E-state index contributed by atoms with van der Waals surface area (Å²) >= 11 is 0. The number of methoxy groups -OCH3 is 2. The fourth-order valence-corrected chi connectivity index (χ4v) is 3.12. The molecule has 0 aliphatic heterocycles. The van der Waals surface area contributed by atoms with E-state index >= 15 is 0 Å². The van der Waals surface area contributed by atoms with Crippen LogP contribution in [0.4, 0.5) is 0 Å². The van der Waals surface area contributed by atoms with Gasteiger partial charge in [-0.05, 0) is 61.2 Å². The molecule has 1 amide bonds. The average Bonchev–Trinajstić information content (AvgIpc) is 2.87. The minimum absolute atomic E-state index is 0.358. The van der Waals surface area contributed by atoms with Crippen molar-refractivity contribution in [1.82, 2.24) is 5.32 Å². The van der Waals surface area contributed by atoms with Gasteiger partial charge in [0.15, 0.2) is 29.6 Å². The highest BCUT2D eigenvalue weighted by Crippen LogP contribution is 2.29. The topological polar surface area (TPSA) is 92.3 Å². The summed E-state index contributed by atoms with van der Waals surface area (Å²) in [6.45, 7) is 5.16. The Labute approximate surface area is 207 Å². The minimum Gasteiger partial charge on any atom is -0.493 e. The van der Waals surface area contributed by atoms with Gasteiger partial charge in [0.25, 0.3) is 5.91 Å². The Hall–Kier alpha value is -3.68. The number of nitrogens with one attached hydrogen (secondary N) is 1. The molecule has 0 fully saturated rings. The molecule has 0 aliphatic carbocycles. The molecular weight excluding hydrogens is 450 g/mol. The Balaban J connectivity index is 1.79. The Morgan fingerprint density at radius 2 is 1.69 bits per heavy atom. The molecule has 2 rings (SSSR count). The molecule has 0 aromatic heterocycles. The Morgan fingerprint density at radius 1 is 0.914 bits per heavy atom. The van der Waals surface area contributed by atoms with E-state index in [0.717, 1.165) is 24.0 Å². The van der Waals surface area contributed by atoms with E-state index in [9.17, 15) is 9.59 Å². The minimum atomic E-state index is -0.610. The number of esters is 1. The van der Waals surface area contributed by atoms with Crippen molar-refractivity contribution in [3.8, 4) is 23.0 Å². The molecule has 190 valence electrons. The maximum absolute atomic E-state index is 12.0. The molecule has 0 aliphatic rings. The maximum Gasteiger partial charge on any atom is 0.331 e. The fourth-order valence-electron chi connectivity index (χ4n) is 3.12. The van der Waals surface area contributed by atoms with Crippen LogP contribution in [0.3, 0.4) is 0 Å². The van der Waals surface area contributed by atoms with Gasteiger partial charge in [-0.25, -0.2) is 4.79 Å². The first-order valence-electron chi connectivity index (χ1n) is 11.7. The SMILES string of the molecule is CCCCOc1ccc(/C=C/C(=O)OCC(=O)NCCc2ccc(OC)c(OC)c2)cc1OCC. The lowest BCUT2D eigenvalue weighted by Crippen LogP contribution is -2.30. The van der Waals surface area contributed by atoms with E-state index in [1.165, 1.54) is 6.08 Å². The molecule has 0 radical (unpaired) electrons. The molecule has 0 atom stereocenters. The lowest BCUT2D eigenvalue weighted by atomic mass is 10.1. The molecule has 0 heterocycles. The van der Waals surface area contributed by atoms with E-state index < -0.39 is 5.97 Å². The number of hydrogen-bond donors (Lipinski definition) is 1. The molecule has 8 nitrogen and oxygen atoms in total. The number of carbonyl (C=O) groups excluding carboxylic acids is 2. The number of hydrogen-bond acceptors (Lipinski definition) is 7. The quantitative estimate of drug-likeness (QED) is 0.230. The molecule has 35 heavy (non-hydrogen) atoms. The van der Waals surface area contributed by atoms with Gasteiger partial charge in [-0.3, -0.25) is 4.79 Å². The van der Waals surface area contributed by atoms with Crippen LogP contribution in [0, 0.1) is 0 Å². The van der Waals surface area contributed by atoms with Crippen molar-refractivity contribution >= 4 is 18.0 Å². The molecule has 0 saturated carbocycles. The van der Waals surface area contributed by atoms with E-state index in [-0.39, 0.29) is 12.5 Å².